The number of benzene rings is 2. The van der Waals surface area contributed by atoms with Crippen LogP contribution in [0.3, 0.4) is 0 Å². The predicted molar refractivity (Wildman–Crippen MR) is 137 cm³/mol. The van der Waals surface area contributed by atoms with E-state index in [1.807, 2.05) is 6.08 Å². The first-order valence-corrected chi connectivity index (χ1v) is 13.9. The zero-order valence-electron chi connectivity index (χ0n) is 20.9. The molecule has 38 heavy (non-hydrogen) atoms. The first-order valence-electron chi connectivity index (χ1n) is 13.9. The number of nitrogens with zero attached hydrogens (tertiary/aromatic N) is 1. The van der Waals surface area contributed by atoms with Gasteiger partial charge in [-0.25, -0.2) is 4.58 Å². The molecule has 0 radical (unpaired) electrons. The molecule has 0 amide bonds. The Hall–Kier alpha value is -3.28. The molecule has 3 bridgehead atoms. The van der Waals surface area contributed by atoms with Gasteiger partial charge in [0.05, 0.1) is 5.56 Å². The van der Waals surface area contributed by atoms with Crippen LogP contribution in [0.15, 0.2) is 65.6 Å². The average Bonchev–Trinajstić information content (AvgIpc) is 2.89. The normalized spacial score (nSPS) is 33.2. The third kappa shape index (κ3) is 2.38. The van der Waals surface area contributed by atoms with Crippen molar-refractivity contribution < 1.29 is 17.9 Å². The molecule has 2 fully saturated rings. The van der Waals surface area contributed by atoms with Crippen molar-refractivity contribution in [2.45, 2.75) is 50.1 Å². The van der Waals surface area contributed by atoms with Gasteiger partial charge in [-0.3, -0.25) is 0 Å². The van der Waals surface area contributed by atoms with E-state index in [0.717, 1.165) is 67.5 Å². The summed E-state index contributed by atoms with van der Waals surface area (Å²) in [6.45, 7) is 2.21. The number of fused-ring (bicyclic) bond motifs is 4. The van der Waals surface area contributed by atoms with Gasteiger partial charge in [0, 0.05) is 63.6 Å². The Labute approximate surface area is 218 Å². The second-order valence-corrected chi connectivity index (χ2v) is 12.2. The van der Waals surface area contributed by atoms with E-state index in [4.69, 9.17) is 10.5 Å². The molecule has 6 heteroatoms. The standard InChI is InChI=1S/C32H28F3N2O/c33-32(34,35)22-8-2-1-6-18(22)26-21-14-24-25-19-7-4-12-37-11-3-5-16(28(19)37)13-20(25)29(21)38-30-23-10-9-17(36)15-31(23,24)27(26)30/h1-2,6,8-10,13,15,21,24,26-27H,3-5,7,11-12,14,36H2/q+1/t21?,24?,26?,27?,31-/m1/s1. The molecule has 4 unspecified atom stereocenters. The van der Waals surface area contributed by atoms with Crippen LogP contribution in [0.5, 0.6) is 0 Å². The van der Waals surface area contributed by atoms with Crippen LogP contribution in [-0.2, 0) is 23.8 Å². The molecule has 3 nitrogen and oxygen atoms in total. The number of allylic oxidation sites excluding steroid dienone is 5. The molecule has 3 heterocycles. The molecule has 9 rings (SSSR count). The van der Waals surface area contributed by atoms with Crippen molar-refractivity contribution in [2.24, 2.45) is 23.0 Å². The molecule has 7 aliphatic rings. The summed E-state index contributed by atoms with van der Waals surface area (Å²) in [5.41, 5.74) is 12.0. The van der Waals surface area contributed by atoms with Crippen LogP contribution >= 0.6 is 0 Å². The fourth-order valence-electron chi connectivity index (χ4n) is 9.50. The van der Waals surface area contributed by atoms with Crippen molar-refractivity contribution in [2.75, 3.05) is 13.1 Å². The maximum Gasteiger partial charge on any atom is 0.416 e. The second kappa shape index (κ2) is 6.83. The minimum absolute atomic E-state index is 0.0778. The van der Waals surface area contributed by atoms with E-state index in [1.165, 1.54) is 34.2 Å². The van der Waals surface area contributed by atoms with Gasteiger partial charge < -0.3 is 10.5 Å². The summed E-state index contributed by atoms with van der Waals surface area (Å²) in [7, 11) is 0. The number of aryl methyl sites for hydroxylation is 1. The summed E-state index contributed by atoms with van der Waals surface area (Å²) >= 11 is 0. The summed E-state index contributed by atoms with van der Waals surface area (Å²) < 4.78 is 52.4. The van der Waals surface area contributed by atoms with Crippen LogP contribution < -0.4 is 20.9 Å². The first kappa shape index (κ1) is 21.6. The lowest BCUT2D eigenvalue weighted by Crippen LogP contribution is -2.62. The van der Waals surface area contributed by atoms with Gasteiger partial charge in [0.25, 0.3) is 0 Å². The zero-order chi connectivity index (χ0) is 25.6. The third-order valence-electron chi connectivity index (χ3n) is 10.6. The van der Waals surface area contributed by atoms with Gasteiger partial charge in [-0.05, 0) is 60.6 Å². The van der Waals surface area contributed by atoms with Gasteiger partial charge in [-0.1, -0.05) is 24.3 Å². The van der Waals surface area contributed by atoms with Crippen LogP contribution in [0, 0.1) is 17.3 Å². The SMILES string of the molecule is NC1=C[C@@]23C(=C4OC5=c6cc7c8c(c6C2CC5C(c2ccccc2C(F)(F)F)C43)CCC[N+]=8CCC7)C=C1. The number of hydrogen-bond donors (Lipinski definition) is 1. The van der Waals surface area contributed by atoms with Gasteiger partial charge >= 0.3 is 6.18 Å². The largest absolute Gasteiger partial charge is 0.464 e. The Morgan fingerprint density at radius 2 is 1.84 bits per heavy atom. The van der Waals surface area contributed by atoms with Crippen LogP contribution in [0.1, 0.15) is 58.9 Å². The highest BCUT2D eigenvalue weighted by atomic mass is 19.4. The fourth-order valence-corrected chi connectivity index (χ4v) is 9.50. The molecule has 2 aromatic carbocycles. The minimum atomic E-state index is -4.40. The van der Waals surface area contributed by atoms with E-state index in [0.29, 0.717) is 11.3 Å². The Kier molecular flexibility index (Phi) is 3.89. The van der Waals surface area contributed by atoms with E-state index in [-0.39, 0.29) is 23.7 Å². The first-order chi connectivity index (χ1) is 18.4. The maximum absolute atomic E-state index is 14.3. The topological polar surface area (TPSA) is 38.3 Å². The summed E-state index contributed by atoms with van der Waals surface area (Å²) in [4.78, 5) is 0. The van der Waals surface area contributed by atoms with Gasteiger partial charge in [0.2, 0.25) is 5.36 Å². The lowest BCUT2D eigenvalue weighted by Gasteiger charge is -2.67. The zero-order valence-corrected chi connectivity index (χ0v) is 20.9. The van der Waals surface area contributed by atoms with Gasteiger partial charge in [0.15, 0.2) is 0 Å². The van der Waals surface area contributed by atoms with Crippen LogP contribution in [-0.4, -0.2) is 13.1 Å². The van der Waals surface area contributed by atoms with Crippen LogP contribution in [0.4, 0.5) is 13.2 Å². The summed E-state index contributed by atoms with van der Waals surface area (Å²) in [6, 6.07) is 8.56. The van der Waals surface area contributed by atoms with E-state index in [9.17, 15) is 13.2 Å². The van der Waals surface area contributed by atoms with Gasteiger partial charge in [0.1, 0.15) is 24.6 Å². The molecule has 3 aliphatic heterocycles. The Morgan fingerprint density at radius 3 is 2.68 bits per heavy atom. The van der Waals surface area contributed by atoms with Gasteiger partial charge in [-0.15, -0.1) is 0 Å². The smallest absolute Gasteiger partial charge is 0.416 e. The quantitative estimate of drug-likeness (QED) is 0.574. The summed E-state index contributed by atoms with van der Waals surface area (Å²) in [5, 5.41) is 2.60. The van der Waals surface area contributed by atoms with E-state index in [1.54, 1.807) is 12.1 Å². The summed E-state index contributed by atoms with van der Waals surface area (Å²) in [5.74, 6) is 1.45. The Morgan fingerprint density at radius 1 is 1.03 bits per heavy atom. The minimum Gasteiger partial charge on any atom is -0.464 e. The van der Waals surface area contributed by atoms with Crippen LogP contribution in [0.25, 0.3) is 5.76 Å². The molecule has 1 saturated carbocycles. The number of nitrogens with two attached hydrogens (primary N) is 1. The van der Waals surface area contributed by atoms with E-state index >= 15 is 0 Å². The maximum atomic E-state index is 14.3. The molecule has 1 saturated heterocycles. The molecule has 2 N–H and O–H groups in total. The van der Waals surface area contributed by atoms with E-state index in [2.05, 4.69) is 22.8 Å². The van der Waals surface area contributed by atoms with Crippen molar-refractivity contribution >= 4 is 5.76 Å². The Balaban J connectivity index is 1.41. The highest BCUT2D eigenvalue weighted by molar-refractivity contribution is 5.69. The molecular weight excluding hydrogens is 485 g/mol. The monoisotopic (exact) mass is 513 g/mol. The van der Waals surface area contributed by atoms with Crippen molar-refractivity contribution in [3.8, 4) is 0 Å². The van der Waals surface area contributed by atoms with Crippen molar-refractivity contribution in [3.05, 3.63) is 104 Å². The molecule has 4 aliphatic carbocycles. The molecule has 5 atom stereocenters. The number of hydrogen-bond acceptors (Lipinski definition) is 2. The fraction of sp³-hybridized carbons (Fsp3) is 0.406. The third-order valence-corrected chi connectivity index (χ3v) is 10.6. The van der Waals surface area contributed by atoms with Crippen molar-refractivity contribution in [3.63, 3.8) is 0 Å². The lowest BCUT2D eigenvalue weighted by atomic mass is 9.39. The van der Waals surface area contributed by atoms with Crippen molar-refractivity contribution in [1.82, 2.24) is 4.58 Å². The summed E-state index contributed by atoms with van der Waals surface area (Å²) in [6.07, 6.45) is 6.94. The number of rotatable bonds is 1. The van der Waals surface area contributed by atoms with E-state index < -0.39 is 17.2 Å². The molecule has 192 valence electrons. The van der Waals surface area contributed by atoms with Crippen molar-refractivity contribution in [1.29, 1.82) is 0 Å². The highest BCUT2D eigenvalue weighted by Crippen LogP contribution is 2.76. The molecular formula is C32H28F3N2O+. The molecule has 2 aromatic rings. The molecule has 0 aromatic heterocycles. The number of alkyl halides is 3. The predicted octanol–water partition coefficient (Wildman–Crippen LogP) is 4.41. The van der Waals surface area contributed by atoms with Crippen LogP contribution in [0.2, 0.25) is 0 Å². The Bertz CT molecular complexity index is 1710. The highest BCUT2D eigenvalue weighted by Gasteiger charge is 2.70. The lowest BCUT2D eigenvalue weighted by molar-refractivity contribution is -0.139. The second-order valence-electron chi connectivity index (χ2n) is 12.2. The van der Waals surface area contributed by atoms with Gasteiger partial charge in [-0.2, -0.15) is 13.2 Å². The number of halogens is 3. The molecule has 1 spiro atoms. The average molecular weight is 514 g/mol. The number of ether oxygens (including phenoxy) is 1.